The smallest absolute Gasteiger partial charge is 0.160 e. The van der Waals surface area contributed by atoms with Gasteiger partial charge in [-0.1, -0.05) is 18.2 Å². The monoisotopic (exact) mass is 418 g/mol. The number of nitrogens with one attached hydrogen (secondary N) is 1. The van der Waals surface area contributed by atoms with E-state index in [4.69, 9.17) is 4.98 Å². The summed E-state index contributed by atoms with van der Waals surface area (Å²) in [6, 6.07) is 12.6. The Labute approximate surface area is 181 Å². The lowest BCUT2D eigenvalue weighted by Gasteiger charge is -2.23. The van der Waals surface area contributed by atoms with Crippen LogP contribution in [0.2, 0.25) is 0 Å². The summed E-state index contributed by atoms with van der Waals surface area (Å²) in [7, 11) is 1.92. The van der Waals surface area contributed by atoms with Gasteiger partial charge in [-0.3, -0.25) is 4.68 Å². The van der Waals surface area contributed by atoms with Gasteiger partial charge in [0.05, 0.1) is 5.69 Å². The van der Waals surface area contributed by atoms with E-state index in [0.717, 1.165) is 52.6 Å². The summed E-state index contributed by atoms with van der Waals surface area (Å²) < 4.78 is 15.9. The van der Waals surface area contributed by atoms with Gasteiger partial charge in [-0.15, -0.1) is 0 Å². The van der Waals surface area contributed by atoms with Crippen molar-refractivity contribution in [1.82, 2.24) is 19.7 Å². The van der Waals surface area contributed by atoms with Gasteiger partial charge in [-0.25, -0.2) is 14.4 Å². The van der Waals surface area contributed by atoms with Crippen LogP contribution in [0.5, 0.6) is 0 Å². The molecule has 3 heterocycles. The van der Waals surface area contributed by atoms with Gasteiger partial charge in [-0.2, -0.15) is 5.10 Å². The first-order valence-corrected chi connectivity index (χ1v) is 10.5. The maximum atomic E-state index is 14.0. The number of aryl methyl sites for hydroxylation is 2. The maximum absolute atomic E-state index is 14.0. The number of halogens is 1. The molecule has 160 valence electrons. The van der Waals surface area contributed by atoms with Crippen LogP contribution in [0.1, 0.15) is 25.1 Å². The number of pyridine rings is 2. The second kappa shape index (κ2) is 8.71. The van der Waals surface area contributed by atoms with Gasteiger partial charge in [-0.05, 0) is 45.0 Å². The molecule has 0 unspecified atom stereocenters. The fourth-order valence-corrected chi connectivity index (χ4v) is 3.84. The van der Waals surface area contributed by atoms with Gasteiger partial charge >= 0.3 is 0 Å². The molecule has 0 aliphatic heterocycles. The van der Waals surface area contributed by atoms with Crippen molar-refractivity contribution in [1.29, 1.82) is 0 Å². The predicted molar refractivity (Wildman–Crippen MR) is 124 cm³/mol. The summed E-state index contributed by atoms with van der Waals surface area (Å²) in [4.78, 5) is 11.7. The van der Waals surface area contributed by atoms with Crippen molar-refractivity contribution in [3.05, 3.63) is 65.7 Å². The third kappa shape index (κ3) is 4.08. The number of aromatic nitrogens is 4. The van der Waals surface area contributed by atoms with Crippen molar-refractivity contribution < 1.29 is 4.39 Å². The number of fused-ring (bicyclic) bond motifs is 1. The van der Waals surface area contributed by atoms with Crippen LogP contribution in [0.3, 0.4) is 0 Å². The van der Waals surface area contributed by atoms with E-state index in [2.05, 4.69) is 40.2 Å². The van der Waals surface area contributed by atoms with Gasteiger partial charge in [0, 0.05) is 55.0 Å². The standard InChI is InChI=1S/C24H27FN6/c1-5-31(6-2)23-18(13-20-16(3)29-30(4)24(20)28-23)15-27-22-12-11-17(14-26-22)19-9-7-8-10-21(19)25/h7-14H,5-6,15H2,1-4H3,(H,26,27). The molecular weight excluding hydrogens is 391 g/mol. The molecule has 0 radical (unpaired) electrons. The Balaban J connectivity index is 1.61. The minimum absolute atomic E-state index is 0.250. The topological polar surface area (TPSA) is 58.9 Å². The Kier molecular flexibility index (Phi) is 5.84. The molecule has 0 aliphatic carbocycles. The van der Waals surface area contributed by atoms with Gasteiger partial charge in [0.15, 0.2) is 5.65 Å². The molecule has 0 bridgehead atoms. The molecule has 4 aromatic rings. The van der Waals surface area contributed by atoms with Crippen LogP contribution in [0, 0.1) is 12.7 Å². The Morgan fingerprint density at radius 1 is 1.10 bits per heavy atom. The highest BCUT2D eigenvalue weighted by atomic mass is 19.1. The molecule has 0 spiro atoms. The Morgan fingerprint density at radius 2 is 1.87 bits per heavy atom. The quantitative estimate of drug-likeness (QED) is 0.461. The SMILES string of the molecule is CCN(CC)c1nc2c(cc1CNc1ccc(-c3ccccc3F)cn1)c(C)nn2C. The summed E-state index contributed by atoms with van der Waals surface area (Å²) in [5, 5.41) is 8.96. The van der Waals surface area contributed by atoms with E-state index in [1.54, 1.807) is 18.3 Å². The van der Waals surface area contributed by atoms with Crippen LogP contribution in [0.15, 0.2) is 48.7 Å². The highest BCUT2D eigenvalue weighted by Crippen LogP contribution is 2.27. The first-order valence-electron chi connectivity index (χ1n) is 10.5. The van der Waals surface area contributed by atoms with E-state index >= 15 is 0 Å². The molecule has 31 heavy (non-hydrogen) atoms. The number of rotatable bonds is 7. The fraction of sp³-hybridized carbons (Fsp3) is 0.292. The highest BCUT2D eigenvalue weighted by Gasteiger charge is 2.16. The molecule has 0 atom stereocenters. The van der Waals surface area contributed by atoms with Crippen LogP contribution in [-0.4, -0.2) is 32.8 Å². The first-order chi connectivity index (χ1) is 15.0. The van der Waals surface area contributed by atoms with Crippen molar-refractivity contribution in [3.8, 4) is 11.1 Å². The van der Waals surface area contributed by atoms with Gasteiger partial charge in [0.1, 0.15) is 17.5 Å². The summed E-state index contributed by atoms with van der Waals surface area (Å²) >= 11 is 0. The number of benzene rings is 1. The molecule has 7 heteroatoms. The van der Waals surface area contributed by atoms with E-state index in [1.807, 2.05) is 36.9 Å². The molecule has 0 aliphatic rings. The van der Waals surface area contributed by atoms with E-state index in [-0.39, 0.29) is 5.82 Å². The normalized spacial score (nSPS) is 11.1. The molecule has 0 fully saturated rings. The predicted octanol–water partition coefficient (Wildman–Crippen LogP) is 4.94. The molecule has 0 saturated heterocycles. The minimum Gasteiger partial charge on any atom is -0.366 e. The van der Waals surface area contributed by atoms with Crippen molar-refractivity contribution in [2.75, 3.05) is 23.3 Å². The van der Waals surface area contributed by atoms with E-state index in [0.29, 0.717) is 12.1 Å². The van der Waals surface area contributed by atoms with Gasteiger partial charge < -0.3 is 10.2 Å². The molecule has 1 aromatic carbocycles. The minimum atomic E-state index is -0.250. The molecule has 0 amide bonds. The Bertz CT molecular complexity index is 1190. The zero-order valence-electron chi connectivity index (χ0n) is 18.4. The Hall–Kier alpha value is -3.48. The van der Waals surface area contributed by atoms with Gasteiger partial charge in [0.2, 0.25) is 0 Å². The average molecular weight is 419 g/mol. The Morgan fingerprint density at radius 3 is 2.55 bits per heavy atom. The number of hydrogen-bond acceptors (Lipinski definition) is 5. The van der Waals surface area contributed by atoms with Crippen LogP contribution in [0.4, 0.5) is 16.0 Å². The second-order valence-corrected chi connectivity index (χ2v) is 7.49. The third-order valence-corrected chi connectivity index (χ3v) is 5.53. The first kappa shape index (κ1) is 20.8. The summed E-state index contributed by atoms with van der Waals surface area (Å²) in [5.41, 5.74) is 4.24. The molecule has 0 saturated carbocycles. The lowest BCUT2D eigenvalue weighted by molar-refractivity contribution is 0.631. The maximum Gasteiger partial charge on any atom is 0.160 e. The van der Waals surface area contributed by atoms with Crippen LogP contribution in [-0.2, 0) is 13.6 Å². The van der Waals surface area contributed by atoms with E-state index < -0.39 is 0 Å². The highest BCUT2D eigenvalue weighted by molar-refractivity contribution is 5.81. The number of nitrogens with zero attached hydrogens (tertiary/aromatic N) is 5. The third-order valence-electron chi connectivity index (χ3n) is 5.53. The van der Waals surface area contributed by atoms with Crippen LogP contribution in [0.25, 0.3) is 22.2 Å². The van der Waals surface area contributed by atoms with Crippen LogP contribution >= 0.6 is 0 Å². The average Bonchev–Trinajstić information content (AvgIpc) is 3.06. The number of anilines is 2. The van der Waals surface area contributed by atoms with Crippen molar-refractivity contribution in [2.45, 2.75) is 27.3 Å². The van der Waals surface area contributed by atoms with E-state index in [1.165, 1.54) is 6.07 Å². The van der Waals surface area contributed by atoms with Crippen molar-refractivity contribution >= 4 is 22.7 Å². The molecule has 6 nitrogen and oxygen atoms in total. The summed E-state index contributed by atoms with van der Waals surface area (Å²) in [6.07, 6.45) is 1.69. The molecular formula is C24H27FN6. The van der Waals surface area contributed by atoms with Crippen molar-refractivity contribution in [2.24, 2.45) is 7.05 Å². The summed E-state index contributed by atoms with van der Waals surface area (Å²) in [5.74, 6) is 1.43. The molecule has 1 N–H and O–H groups in total. The van der Waals surface area contributed by atoms with Crippen molar-refractivity contribution in [3.63, 3.8) is 0 Å². The second-order valence-electron chi connectivity index (χ2n) is 7.49. The number of hydrogen-bond donors (Lipinski definition) is 1. The van der Waals surface area contributed by atoms with E-state index in [9.17, 15) is 4.39 Å². The van der Waals surface area contributed by atoms with Gasteiger partial charge in [0.25, 0.3) is 0 Å². The summed E-state index contributed by atoms with van der Waals surface area (Å²) in [6.45, 7) is 8.58. The zero-order valence-corrected chi connectivity index (χ0v) is 18.4. The lowest BCUT2D eigenvalue weighted by atomic mass is 10.1. The largest absolute Gasteiger partial charge is 0.366 e. The lowest BCUT2D eigenvalue weighted by Crippen LogP contribution is -2.25. The van der Waals surface area contributed by atoms with Crippen LogP contribution < -0.4 is 10.2 Å². The fourth-order valence-electron chi connectivity index (χ4n) is 3.84. The molecule has 3 aromatic heterocycles. The zero-order chi connectivity index (χ0) is 22.0. The molecule has 4 rings (SSSR count).